The summed E-state index contributed by atoms with van der Waals surface area (Å²) in [6, 6.07) is 0.697. The number of likely N-dealkylation sites (N-methyl/N-ethyl adjacent to an activating group) is 1. The Morgan fingerprint density at radius 3 is 2.25 bits per heavy atom. The minimum atomic E-state index is 0.697. The first-order valence-corrected chi connectivity index (χ1v) is 5.09. The zero-order valence-electron chi connectivity index (χ0n) is 8.71. The molecule has 1 heterocycles. The molecule has 0 aromatic carbocycles. The summed E-state index contributed by atoms with van der Waals surface area (Å²) in [5, 5.41) is 0. The quantitative estimate of drug-likeness (QED) is 0.632. The van der Waals surface area contributed by atoms with Crippen LogP contribution in [-0.4, -0.2) is 49.6 Å². The van der Waals surface area contributed by atoms with E-state index in [-0.39, 0.29) is 0 Å². The SMILES string of the molecule is CC(CN1CCCCC1)N(C)C. The Balaban J connectivity index is 2.20. The van der Waals surface area contributed by atoms with Gasteiger partial charge in [0.1, 0.15) is 0 Å². The van der Waals surface area contributed by atoms with Crippen molar-refractivity contribution in [1.29, 1.82) is 0 Å². The van der Waals surface area contributed by atoms with Gasteiger partial charge in [0.2, 0.25) is 0 Å². The van der Waals surface area contributed by atoms with Gasteiger partial charge in [-0.3, -0.25) is 0 Å². The minimum Gasteiger partial charge on any atom is -0.305 e. The highest BCUT2D eigenvalue weighted by molar-refractivity contribution is 4.70. The molecule has 0 radical (unpaired) electrons. The second-order valence-electron chi connectivity index (χ2n) is 4.17. The van der Waals surface area contributed by atoms with Crippen LogP contribution in [0.5, 0.6) is 0 Å². The van der Waals surface area contributed by atoms with E-state index in [1.807, 2.05) is 0 Å². The molecular weight excluding hydrogens is 148 g/mol. The van der Waals surface area contributed by atoms with Crippen LogP contribution in [0.2, 0.25) is 0 Å². The minimum absolute atomic E-state index is 0.697. The average molecular weight is 170 g/mol. The normalized spacial score (nSPS) is 23.0. The lowest BCUT2D eigenvalue weighted by Gasteiger charge is -2.31. The van der Waals surface area contributed by atoms with Crippen LogP contribution in [0.4, 0.5) is 0 Å². The molecule has 0 aromatic rings. The van der Waals surface area contributed by atoms with Crippen LogP contribution in [0.1, 0.15) is 26.2 Å². The van der Waals surface area contributed by atoms with E-state index in [0.717, 1.165) is 0 Å². The molecule has 1 aliphatic heterocycles. The van der Waals surface area contributed by atoms with Crippen molar-refractivity contribution >= 4 is 0 Å². The fourth-order valence-electron chi connectivity index (χ4n) is 1.68. The highest BCUT2D eigenvalue weighted by atomic mass is 15.2. The van der Waals surface area contributed by atoms with Crippen LogP contribution >= 0.6 is 0 Å². The summed E-state index contributed by atoms with van der Waals surface area (Å²) in [5.41, 5.74) is 0. The van der Waals surface area contributed by atoms with E-state index in [1.165, 1.54) is 38.9 Å². The summed E-state index contributed by atoms with van der Waals surface area (Å²) in [6.07, 6.45) is 4.24. The Hall–Kier alpha value is -0.0800. The lowest BCUT2D eigenvalue weighted by molar-refractivity contribution is 0.169. The van der Waals surface area contributed by atoms with E-state index >= 15 is 0 Å². The van der Waals surface area contributed by atoms with Crippen molar-refractivity contribution in [3.8, 4) is 0 Å². The Morgan fingerprint density at radius 2 is 1.75 bits per heavy atom. The van der Waals surface area contributed by atoms with Gasteiger partial charge in [-0.05, 0) is 47.0 Å². The molecule has 0 aliphatic carbocycles. The van der Waals surface area contributed by atoms with Crippen molar-refractivity contribution in [2.24, 2.45) is 0 Å². The van der Waals surface area contributed by atoms with Crippen LogP contribution in [0, 0.1) is 0 Å². The molecule has 1 atom stereocenters. The van der Waals surface area contributed by atoms with Gasteiger partial charge in [0.15, 0.2) is 0 Å². The Labute approximate surface area is 76.5 Å². The molecule has 12 heavy (non-hydrogen) atoms. The predicted octanol–water partition coefficient (Wildman–Crippen LogP) is 1.42. The van der Waals surface area contributed by atoms with E-state index < -0.39 is 0 Å². The van der Waals surface area contributed by atoms with E-state index in [0.29, 0.717) is 6.04 Å². The molecule has 0 N–H and O–H groups in total. The van der Waals surface area contributed by atoms with Crippen LogP contribution in [-0.2, 0) is 0 Å². The third-order valence-electron chi connectivity index (χ3n) is 2.85. The van der Waals surface area contributed by atoms with Gasteiger partial charge in [-0.2, -0.15) is 0 Å². The van der Waals surface area contributed by atoms with Crippen molar-refractivity contribution in [2.45, 2.75) is 32.2 Å². The van der Waals surface area contributed by atoms with E-state index in [1.54, 1.807) is 0 Å². The van der Waals surface area contributed by atoms with Crippen LogP contribution in [0.15, 0.2) is 0 Å². The lowest BCUT2D eigenvalue weighted by atomic mass is 10.1. The fourth-order valence-corrected chi connectivity index (χ4v) is 1.68. The Kier molecular flexibility index (Phi) is 4.02. The number of hydrogen-bond acceptors (Lipinski definition) is 2. The molecule has 2 nitrogen and oxygen atoms in total. The molecule has 0 saturated carbocycles. The van der Waals surface area contributed by atoms with Crippen molar-refractivity contribution in [3.05, 3.63) is 0 Å². The molecular formula is C10H22N2. The van der Waals surface area contributed by atoms with Gasteiger partial charge in [0.05, 0.1) is 0 Å². The summed E-state index contributed by atoms with van der Waals surface area (Å²) in [6.45, 7) is 6.18. The zero-order chi connectivity index (χ0) is 8.97. The third kappa shape index (κ3) is 3.11. The molecule has 1 unspecified atom stereocenters. The fraction of sp³-hybridized carbons (Fsp3) is 1.00. The summed E-state index contributed by atoms with van der Waals surface area (Å²) in [4.78, 5) is 4.89. The molecule has 0 spiro atoms. The molecule has 0 aromatic heterocycles. The predicted molar refractivity (Wildman–Crippen MR) is 53.4 cm³/mol. The van der Waals surface area contributed by atoms with E-state index in [9.17, 15) is 0 Å². The first-order chi connectivity index (χ1) is 5.70. The number of nitrogens with zero attached hydrogens (tertiary/aromatic N) is 2. The molecule has 1 fully saturated rings. The van der Waals surface area contributed by atoms with Crippen molar-refractivity contribution in [2.75, 3.05) is 33.7 Å². The number of hydrogen-bond donors (Lipinski definition) is 0. The lowest BCUT2D eigenvalue weighted by Crippen LogP contribution is -2.40. The van der Waals surface area contributed by atoms with Gasteiger partial charge >= 0.3 is 0 Å². The molecule has 2 heteroatoms. The summed E-state index contributed by atoms with van der Waals surface area (Å²) in [7, 11) is 4.32. The monoisotopic (exact) mass is 170 g/mol. The van der Waals surface area contributed by atoms with Gasteiger partial charge in [0.25, 0.3) is 0 Å². The number of likely N-dealkylation sites (tertiary alicyclic amines) is 1. The third-order valence-corrected chi connectivity index (χ3v) is 2.85. The van der Waals surface area contributed by atoms with Crippen molar-refractivity contribution < 1.29 is 0 Å². The largest absolute Gasteiger partial charge is 0.305 e. The van der Waals surface area contributed by atoms with Crippen molar-refractivity contribution in [1.82, 2.24) is 9.80 Å². The second kappa shape index (κ2) is 4.83. The average Bonchev–Trinajstić information content (AvgIpc) is 2.06. The second-order valence-corrected chi connectivity index (χ2v) is 4.17. The Morgan fingerprint density at radius 1 is 1.17 bits per heavy atom. The van der Waals surface area contributed by atoms with Gasteiger partial charge < -0.3 is 9.80 Å². The molecule has 1 saturated heterocycles. The maximum atomic E-state index is 2.59. The molecule has 72 valence electrons. The van der Waals surface area contributed by atoms with Gasteiger partial charge in [0, 0.05) is 12.6 Å². The first kappa shape index (κ1) is 10.0. The zero-order valence-corrected chi connectivity index (χ0v) is 8.71. The standard InChI is InChI=1S/C10H22N2/c1-10(11(2)3)9-12-7-5-4-6-8-12/h10H,4-9H2,1-3H3. The first-order valence-electron chi connectivity index (χ1n) is 5.09. The maximum Gasteiger partial charge on any atom is 0.0188 e. The summed E-state index contributed by atoms with van der Waals surface area (Å²) in [5.74, 6) is 0. The van der Waals surface area contributed by atoms with Gasteiger partial charge in [-0.15, -0.1) is 0 Å². The van der Waals surface area contributed by atoms with Crippen molar-refractivity contribution in [3.63, 3.8) is 0 Å². The molecule has 0 bridgehead atoms. The molecule has 0 amide bonds. The van der Waals surface area contributed by atoms with Crippen LogP contribution in [0.25, 0.3) is 0 Å². The molecule has 1 rings (SSSR count). The maximum absolute atomic E-state index is 2.59. The van der Waals surface area contributed by atoms with Crippen LogP contribution < -0.4 is 0 Å². The number of piperidine rings is 1. The van der Waals surface area contributed by atoms with E-state index in [2.05, 4.69) is 30.8 Å². The highest BCUT2D eigenvalue weighted by Crippen LogP contribution is 2.09. The van der Waals surface area contributed by atoms with E-state index in [4.69, 9.17) is 0 Å². The van der Waals surface area contributed by atoms with Gasteiger partial charge in [-0.25, -0.2) is 0 Å². The molecule has 1 aliphatic rings. The van der Waals surface area contributed by atoms with Crippen LogP contribution in [0.3, 0.4) is 0 Å². The Bertz CT molecular complexity index is 117. The summed E-state index contributed by atoms with van der Waals surface area (Å²) >= 11 is 0. The number of rotatable bonds is 3. The highest BCUT2D eigenvalue weighted by Gasteiger charge is 2.13. The topological polar surface area (TPSA) is 6.48 Å². The van der Waals surface area contributed by atoms with Gasteiger partial charge in [-0.1, -0.05) is 6.42 Å². The summed E-state index contributed by atoms with van der Waals surface area (Å²) < 4.78 is 0. The smallest absolute Gasteiger partial charge is 0.0188 e.